The van der Waals surface area contributed by atoms with Gasteiger partial charge >= 0.3 is 0 Å². The first-order valence-electron chi connectivity index (χ1n) is 6.80. The molecule has 0 aromatic heterocycles. The Labute approximate surface area is 139 Å². The minimum Gasteiger partial charge on any atom is -0.389 e. The standard InChI is InChI=1S/C14H22IN2O3P/c1-9-16-11(18)5-7-17(9)14-12(15)13(19)10(20-14)6-8-21(2,3)4/h5,7,10,12-14,19H,1-2,6,8H2,3-4H3,(H,16,18)/t10-,12?,13-,14-/m1/s1. The molecule has 4 atom stereocenters. The van der Waals surface area contributed by atoms with Gasteiger partial charge in [-0.05, 0) is 25.9 Å². The van der Waals surface area contributed by atoms with Crippen molar-refractivity contribution in [2.45, 2.75) is 28.8 Å². The van der Waals surface area contributed by atoms with Gasteiger partial charge in [0, 0.05) is 12.3 Å². The van der Waals surface area contributed by atoms with Crippen LogP contribution in [0.15, 0.2) is 24.7 Å². The monoisotopic (exact) mass is 424 g/mol. The second-order valence-corrected chi connectivity index (χ2v) is 11.9. The molecule has 0 radical (unpaired) electrons. The Morgan fingerprint density at radius 3 is 2.81 bits per heavy atom. The molecule has 0 aromatic rings. The Kier molecular flexibility index (Phi) is 5.23. The van der Waals surface area contributed by atoms with Gasteiger partial charge in [0.1, 0.15) is 12.0 Å². The lowest BCUT2D eigenvalue weighted by molar-refractivity contribution is -0.117. The van der Waals surface area contributed by atoms with Crippen molar-refractivity contribution >= 4 is 41.7 Å². The van der Waals surface area contributed by atoms with E-state index in [1.165, 1.54) is 6.08 Å². The third-order valence-corrected chi connectivity index (χ3v) is 6.37. The van der Waals surface area contributed by atoms with Crippen molar-refractivity contribution in [3.05, 3.63) is 24.7 Å². The van der Waals surface area contributed by atoms with E-state index in [1.807, 2.05) is 0 Å². The molecule has 1 amide bonds. The third kappa shape index (κ3) is 4.12. The summed E-state index contributed by atoms with van der Waals surface area (Å²) in [7, 11) is 0. The molecule has 0 spiro atoms. The lowest BCUT2D eigenvalue weighted by Gasteiger charge is -2.32. The van der Waals surface area contributed by atoms with Crippen LogP contribution in [0, 0.1) is 0 Å². The lowest BCUT2D eigenvalue weighted by Crippen LogP contribution is -2.44. The maximum Gasteiger partial charge on any atom is 0.250 e. The topological polar surface area (TPSA) is 61.8 Å². The molecule has 0 aromatic carbocycles. The molecule has 5 nitrogen and oxygen atoms in total. The maximum atomic E-state index is 11.3. The number of ether oxygens (including phenoxy) is 1. The van der Waals surface area contributed by atoms with Crippen LogP contribution in [0.1, 0.15) is 6.42 Å². The normalized spacial score (nSPS) is 33.4. The van der Waals surface area contributed by atoms with Crippen molar-refractivity contribution in [2.75, 3.05) is 19.5 Å². The molecule has 118 valence electrons. The molecule has 7 heteroatoms. The number of alkyl halides is 1. The number of carbonyl (C=O) groups excluding carboxylic acids is 1. The third-order valence-electron chi connectivity index (χ3n) is 3.55. The first kappa shape index (κ1) is 17.1. The second kappa shape index (κ2) is 6.44. The van der Waals surface area contributed by atoms with Crippen LogP contribution in [0.25, 0.3) is 0 Å². The van der Waals surface area contributed by atoms with Gasteiger partial charge in [0.05, 0.1) is 16.1 Å². The van der Waals surface area contributed by atoms with E-state index < -0.39 is 13.0 Å². The summed E-state index contributed by atoms with van der Waals surface area (Å²) in [5, 5.41) is 13.0. The van der Waals surface area contributed by atoms with E-state index in [0.29, 0.717) is 5.82 Å². The van der Waals surface area contributed by atoms with Crippen LogP contribution < -0.4 is 5.32 Å². The molecule has 0 saturated carbocycles. The number of amides is 1. The van der Waals surface area contributed by atoms with Crippen molar-refractivity contribution in [3.63, 3.8) is 0 Å². The number of hydrogen-bond donors (Lipinski definition) is 2. The lowest BCUT2D eigenvalue weighted by atomic mass is 10.1. The predicted molar refractivity (Wildman–Crippen MR) is 96.1 cm³/mol. The Balaban J connectivity index is 2.06. The average Bonchev–Trinajstić information content (AvgIpc) is 2.64. The average molecular weight is 424 g/mol. The fraction of sp³-hybridized carbons (Fsp3) is 0.571. The van der Waals surface area contributed by atoms with E-state index in [4.69, 9.17) is 4.74 Å². The summed E-state index contributed by atoms with van der Waals surface area (Å²) in [5.41, 5.74) is 0. The highest BCUT2D eigenvalue weighted by Gasteiger charge is 2.45. The Hall–Kier alpha value is -0.300. The van der Waals surface area contributed by atoms with Crippen molar-refractivity contribution in [1.82, 2.24) is 10.2 Å². The van der Waals surface area contributed by atoms with Crippen LogP contribution in [0.2, 0.25) is 0 Å². The van der Waals surface area contributed by atoms with Crippen LogP contribution in [0.3, 0.4) is 0 Å². The van der Waals surface area contributed by atoms with Crippen LogP contribution in [-0.4, -0.2) is 64.1 Å². The molecule has 1 saturated heterocycles. The number of nitrogens with zero attached hydrogens (tertiary/aromatic N) is 1. The highest BCUT2D eigenvalue weighted by molar-refractivity contribution is 14.1. The van der Waals surface area contributed by atoms with Gasteiger partial charge in [-0.2, -0.15) is 0 Å². The number of carbonyl (C=O) groups is 1. The summed E-state index contributed by atoms with van der Waals surface area (Å²) in [5.74, 6) is 0.284. The number of halogens is 1. The zero-order valence-electron chi connectivity index (χ0n) is 12.3. The summed E-state index contributed by atoms with van der Waals surface area (Å²) in [6, 6.07) is 0. The zero-order chi connectivity index (χ0) is 15.8. The van der Waals surface area contributed by atoms with E-state index in [9.17, 15) is 9.90 Å². The Morgan fingerprint density at radius 2 is 2.24 bits per heavy atom. The van der Waals surface area contributed by atoms with Gasteiger partial charge in [-0.25, -0.2) is 0 Å². The van der Waals surface area contributed by atoms with Gasteiger partial charge in [0.15, 0.2) is 0 Å². The largest absolute Gasteiger partial charge is 0.389 e. The van der Waals surface area contributed by atoms with Gasteiger partial charge < -0.3 is 20.1 Å². The van der Waals surface area contributed by atoms with Gasteiger partial charge in [-0.1, -0.05) is 29.2 Å². The molecular formula is C14H22IN2O3P. The van der Waals surface area contributed by atoms with Crippen molar-refractivity contribution in [3.8, 4) is 0 Å². The minimum atomic E-state index is -1.13. The molecule has 2 heterocycles. The van der Waals surface area contributed by atoms with E-state index in [2.05, 4.69) is 54.1 Å². The van der Waals surface area contributed by atoms with Gasteiger partial charge in [-0.3, -0.25) is 4.79 Å². The molecule has 0 bridgehead atoms. The maximum absolute atomic E-state index is 11.3. The molecule has 21 heavy (non-hydrogen) atoms. The minimum absolute atomic E-state index is 0.0877. The first-order valence-corrected chi connectivity index (χ1v) is 11.1. The molecule has 1 unspecified atom stereocenters. The molecule has 2 aliphatic heterocycles. The van der Waals surface area contributed by atoms with E-state index in [0.717, 1.165) is 12.6 Å². The number of nitrogens with one attached hydrogen (secondary N) is 1. The zero-order valence-corrected chi connectivity index (χ0v) is 15.4. The summed E-state index contributed by atoms with van der Waals surface area (Å²) in [6.07, 6.45) is 8.03. The number of aliphatic hydroxyl groups excluding tert-OH is 1. The fourth-order valence-corrected chi connectivity index (χ4v) is 4.30. The van der Waals surface area contributed by atoms with E-state index >= 15 is 0 Å². The van der Waals surface area contributed by atoms with Crippen LogP contribution >= 0.6 is 29.5 Å². The molecule has 2 N–H and O–H groups in total. The Morgan fingerprint density at radius 1 is 1.57 bits per heavy atom. The van der Waals surface area contributed by atoms with Gasteiger partial charge in [-0.15, -0.1) is 13.2 Å². The van der Waals surface area contributed by atoms with Crippen molar-refractivity contribution < 1.29 is 14.6 Å². The smallest absolute Gasteiger partial charge is 0.250 e. The van der Waals surface area contributed by atoms with Crippen LogP contribution in [0.5, 0.6) is 0 Å². The number of rotatable bonds is 4. The Bertz CT molecular complexity index is 516. The van der Waals surface area contributed by atoms with E-state index in [1.54, 1.807) is 11.1 Å². The van der Waals surface area contributed by atoms with Crippen LogP contribution in [0.4, 0.5) is 0 Å². The van der Waals surface area contributed by atoms with Crippen LogP contribution in [-0.2, 0) is 9.53 Å². The molecule has 0 aliphatic carbocycles. The molecular weight excluding hydrogens is 402 g/mol. The fourth-order valence-electron chi connectivity index (χ4n) is 2.37. The summed E-state index contributed by atoms with van der Waals surface area (Å²) >= 11 is 2.20. The molecule has 2 aliphatic rings. The number of aliphatic hydroxyl groups is 1. The van der Waals surface area contributed by atoms with Gasteiger partial charge in [0.2, 0.25) is 0 Å². The molecule has 2 rings (SSSR count). The molecule has 1 fully saturated rings. The van der Waals surface area contributed by atoms with Crippen molar-refractivity contribution in [1.29, 1.82) is 0 Å². The quantitative estimate of drug-likeness (QED) is 0.407. The van der Waals surface area contributed by atoms with Gasteiger partial charge in [0.25, 0.3) is 5.91 Å². The van der Waals surface area contributed by atoms with Crippen molar-refractivity contribution in [2.24, 2.45) is 0 Å². The summed E-state index contributed by atoms with van der Waals surface area (Å²) < 4.78 is 5.93. The predicted octanol–water partition coefficient (Wildman–Crippen LogP) is 1.39. The SMILES string of the molecule is C=C1NC(=O)C=CN1[C@@H]1O[C@H](CCP(=C)(C)C)[C@@H](O)C1I. The number of hydrogen-bond acceptors (Lipinski definition) is 4. The van der Waals surface area contributed by atoms with E-state index in [-0.39, 0.29) is 22.2 Å². The highest BCUT2D eigenvalue weighted by atomic mass is 127. The highest BCUT2D eigenvalue weighted by Crippen LogP contribution is 2.40. The second-order valence-electron chi connectivity index (χ2n) is 6.11. The summed E-state index contributed by atoms with van der Waals surface area (Å²) in [4.78, 5) is 13.0. The summed E-state index contributed by atoms with van der Waals surface area (Å²) in [6.45, 7) is 7.06. The first-order chi connectivity index (χ1) is 9.69.